The molecule has 21 heavy (non-hydrogen) atoms. The molecule has 0 saturated carbocycles. The van der Waals surface area contributed by atoms with E-state index in [1.807, 2.05) is 45.0 Å². The van der Waals surface area contributed by atoms with Crippen molar-refractivity contribution < 1.29 is 14.3 Å². The van der Waals surface area contributed by atoms with E-state index >= 15 is 0 Å². The highest BCUT2D eigenvalue weighted by Gasteiger charge is 2.15. The summed E-state index contributed by atoms with van der Waals surface area (Å²) < 4.78 is 6.09. The minimum atomic E-state index is -0.455. The Morgan fingerprint density at radius 1 is 1.24 bits per heavy atom. The maximum absolute atomic E-state index is 11.9. The number of fused-ring (bicyclic) bond motifs is 1. The number of thiophene rings is 1. The Balaban J connectivity index is 1.91. The van der Waals surface area contributed by atoms with Crippen molar-refractivity contribution in [2.75, 3.05) is 6.61 Å². The van der Waals surface area contributed by atoms with Crippen molar-refractivity contribution in [2.24, 2.45) is 5.92 Å². The topological polar surface area (TPSA) is 55.4 Å². The Kier molecular flexibility index (Phi) is 4.96. The molecule has 1 aromatic heterocycles. The van der Waals surface area contributed by atoms with Crippen molar-refractivity contribution in [3.05, 3.63) is 35.2 Å². The molecule has 0 fully saturated rings. The van der Waals surface area contributed by atoms with Gasteiger partial charge >= 0.3 is 5.97 Å². The predicted molar refractivity (Wildman–Crippen MR) is 84.6 cm³/mol. The van der Waals surface area contributed by atoms with E-state index < -0.39 is 5.97 Å². The van der Waals surface area contributed by atoms with Crippen molar-refractivity contribution in [1.29, 1.82) is 0 Å². The number of benzene rings is 1. The largest absolute Gasteiger partial charge is 0.451 e. The molecule has 4 nitrogen and oxygen atoms in total. The highest BCUT2D eigenvalue weighted by Crippen LogP contribution is 2.25. The highest BCUT2D eigenvalue weighted by molar-refractivity contribution is 7.20. The average Bonchev–Trinajstić information content (AvgIpc) is 2.88. The molecule has 1 atom stereocenters. The molecule has 0 saturated heterocycles. The number of hydrogen-bond acceptors (Lipinski definition) is 4. The number of ether oxygens (including phenoxy) is 1. The van der Waals surface area contributed by atoms with Gasteiger partial charge in [-0.05, 0) is 30.4 Å². The van der Waals surface area contributed by atoms with E-state index in [1.54, 1.807) is 6.07 Å². The molecule has 0 spiro atoms. The van der Waals surface area contributed by atoms with Gasteiger partial charge in [-0.25, -0.2) is 4.79 Å². The SMILES string of the molecule is CC(C)[C@H](C)NC(=O)COC(=O)c1cc2ccccc2s1. The minimum Gasteiger partial charge on any atom is -0.451 e. The summed E-state index contributed by atoms with van der Waals surface area (Å²) in [4.78, 5) is 24.1. The van der Waals surface area contributed by atoms with Crippen LogP contribution in [-0.2, 0) is 9.53 Å². The summed E-state index contributed by atoms with van der Waals surface area (Å²) in [6.45, 7) is 5.73. The van der Waals surface area contributed by atoms with Gasteiger partial charge in [0.05, 0.1) is 0 Å². The van der Waals surface area contributed by atoms with Crippen LogP contribution in [0, 0.1) is 5.92 Å². The Morgan fingerprint density at radius 2 is 1.95 bits per heavy atom. The Labute approximate surface area is 128 Å². The molecule has 5 heteroatoms. The van der Waals surface area contributed by atoms with Crippen LogP contribution in [0.5, 0.6) is 0 Å². The first kappa shape index (κ1) is 15.5. The van der Waals surface area contributed by atoms with E-state index in [0.29, 0.717) is 10.8 Å². The first-order valence-corrected chi connectivity index (χ1v) is 7.74. The van der Waals surface area contributed by atoms with E-state index in [4.69, 9.17) is 4.74 Å². The van der Waals surface area contributed by atoms with Gasteiger partial charge in [-0.15, -0.1) is 11.3 Å². The maximum Gasteiger partial charge on any atom is 0.348 e. The Hall–Kier alpha value is -1.88. The fourth-order valence-corrected chi connectivity index (χ4v) is 2.70. The second-order valence-corrected chi connectivity index (χ2v) is 6.41. The monoisotopic (exact) mass is 305 g/mol. The number of nitrogens with one attached hydrogen (secondary N) is 1. The zero-order valence-corrected chi connectivity index (χ0v) is 13.2. The second-order valence-electron chi connectivity index (χ2n) is 5.32. The standard InChI is InChI=1S/C16H19NO3S/c1-10(2)11(3)17-15(18)9-20-16(19)14-8-12-6-4-5-7-13(12)21-14/h4-8,10-11H,9H2,1-3H3,(H,17,18)/t11-/m0/s1. The first-order valence-electron chi connectivity index (χ1n) is 6.92. The average molecular weight is 305 g/mol. The van der Waals surface area contributed by atoms with Crippen LogP contribution in [0.25, 0.3) is 10.1 Å². The summed E-state index contributed by atoms with van der Waals surface area (Å²) in [5.74, 6) is -0.388. The lowest BCUT2D eigenvalue weighted by molar-refractivity contribution is -0.125. The summed E-state index contributed by atoms with van der Waals surface area (Å²) in [5.41, 5.74) is 0. The predicted octanol–water partition coefficient (Wildman–Crippen LogP) is 3.22. The lowest BCUT2D eigenvalue weighted by Gasteiger charge is -2.17. The van der Waals surface area contributed by atoms with E-state index in [1.165, 1.54) is 11.3 Å². The fourth-order valence-electron chi connectivity index (χ4n) is 1.75. The molecule has 0 bridgehead atoms. The number of hydrogen-bond donors (Lipinski definition) is 1. The molecule has 1 heterocycles. The van der Waals surface area contributed by atoms with Gasteiger partial charge in [0.1, 0.15) is 4.88 Å². The molecule has 1 amide bonds. The van der Waals surface area contributed by atoms with Gasteiger partial charge in [0.2, 0.25) is 0 Å². The van der Waals surface area contributed by atoms with Crippen LogP contribution in [0.3, 0.4) is 0 Å². The second kappa shape index (κ2) is 6.72. The third kappa shape index (κ3) is 4.04. The number of carbonyl (C=O) groups is 2. The first-order chi connectivity index (χ1) is 9.97. The molecular weight excluding hydrogens is 286 g/mol. The molecule has 0 aliphatic rings. The van der Waals surface area contributed by atoms with Crippen LogP contribution in [0.1, 0.15) is 30.4 Å². The van der Waals surface area contributed by atoms with Crippen molar-refractivity contribution in [2.45, 2.75) is 26.8 Å². The van der Waals surface area contributed by atoms with Crippen LogP contribution in [-0.4, -0.2) is 24.5 Å². The smallest absolute Gasteiger partial charge is 0.348 e. The van der Waals surface area contributed by atoms with Crippen molar-refractivity contribution in [3.63, 3.8) is 0 Å². The van der Waals surface area contributed by atoms with Gasteiger partial charge in [0.15, 0.2) is 6.61 Å². The third-order valence-corrected chi connectivity index (χ3v) is 4.45. The third-order valence-electron chi connectivity index (χ3n) is 3.35. The summed E-state index contributed by atoms with van der Waals surface area (Å²) in [6, 6.07) is 9.59. The fraction of sp³-hybridized carbons (Fsp3) is 0.375. The van der Waals surface area contributed by atoms with Gasteiger partial charge in [0, 0.05) is 10.7 Å². The lowest BCUT2D eigenvalue weighted by atomic mass is 10.1. The van der Waals surface area contributed by atoms with E-state index in [2.05, 4.69) is 5.32 Å². The quantitative estimate of drug-likeness (QED) is 0.863. The molecule has 0 aliphatic carbocycles. The molecule has 2 aromatic rings. The molecule has 0 aliphatic heterocycles. The molecule has 1 N–H and O–H groups in total. The van der Waals surface area contributed by atoms with Crippen molar-refractivity contribution in [1.82, 2.24) is 5.32 Å². The van der Waals surface area contributed by atoms with Gasteiger partial charge in [0.25, 0.3) is 5.91 Å². The van der Waals surface area contributed by atoms with Gasteiger partial charge in [-0.1, -0.05) is 32.0 Å². The number of amides is 1. The zero-order valence-electron chi connectivity index (χ0n) is 12.4. The number of carbonyl (C=O) groups excluding carboxylic acids is 2. The van der Waals surface area contributed by atoms with Crippen LogP contribution >= 0.6 is 11.3 Å². The van der Waals surface area contributed by atoms with Gasteiger partial charge in [-0.3, -0.25) is 4.79 Å². The summed E-state index contributed by atoms with van der Waals surface area (Å²) in [6.07, 6.45) is 0. The van der Waals surface area contributed by atoms with Gasteiger partial charge in [-0.2, -0.15) is 0 Å². The maximum atomic E-state index is 11.9. The lowest BCUT2D eigenvalue weighted by Crippen LogP contribution is -2.38. The van der Waals surface area contributed by atoms with Crippen molar-refractivity contribution >= 4 is 33.3 Å². The molecule has 112 valence electrons. The van der Waals surface area contributed by atoms with E-state index in [0.717, 1.165) is 10.1 Å². The van der Waals surface area contributed by atoms with E-state index in [-0.39, 0.29) is 18.6 Å². The summed E-state index contributed by atoms with van der Waals surface area (Å²) in [5, 5.41) is 3.81. The van der Waals surface area contributed by atoms with Crippen LogP contribution in [0.15, 0.2) is 30.3 Å². The van der Waals surface area contributed by atoms with Crippen LogP contribution < -0.4 is 5.32 Å². The Morgan fingerprint density at radius 3 is 2.62 bits per heavy atom. The van der Waals surface area contributed by atoms with Gasteiger partial charge < -0.3 is 10.1 Å². The molecule has 2 rings (SSSR count). The summed E-state index contributed by atoms with van der Waals surface area (Å²) >= 11 is 1.37. The van der Waals surface area contributed by atoms with Crippen LogP contribution in [0.4, 0.5) is 0 Å². The van der Waals surface area contributed by atoms with Crippen LogP contribution in [0.2, 0.25) is 0 Å². The normalized spacial score (nSPS) is 12.4. The van der Waals surface area contributed by atoms with Crippen molar-refractivity contribution in [3.8, 4) is 0 Å². The molecule has 0 unspecified atom stereocenters. The summed E-state index contributed by atoms with van der Waals surface area (Å²) in [7, 11) is 0. The minimum absolute atomic E-state index is 0.0560. The highest BCUT2D eigenvalue weighted by atomic mass is 32.1. The van der Waals surface area contributed by atoms with E-state index in [9.17, 15) is 9.59 Å². The zero-order chi connectivity index (χ0) is 15.4. The number of rotatable bonds is 5. The molecule has 0 radical (unpaired) electrons. The molecular formula is C16H19NO3S. The molecule has 1 aromatic carbocycles. The Bertz CT molecular complexity index is 615. The number of esters is 1.